The molecule has 0 aliphatic carbocycles. The van der Waals surface area contributed by atoms with E-state index in [0.717, 1.165) is 17.5 Å². The average molecular weight is 507 g/mol. The van der Waals surface area contributed by atoms with Crippen LogP contribution in [0.5, 0.6) is 17.5 Å². The molecule has 1 unspecified atom stereocenters. The Morgan fingerprint density at radius 3 is 2.32 bits per heavy atom. The molecule has 1 atom stereocenters. The van der Waals surface area contributed by atoms with E-state index in [9.17, 15) is 20.1 Å². The summed E-state index contributed by atoms with van der Waals surface area (Å²) in [6.07, 6.45) is 0.827. The number of hydrogen-bond acceptors (Lipinski definition) is 5. The number of carbonyl (C=O) groups is 1. The summed E-state index contributed by atoms with van der Waals surface area (Å²) < 4.78 is 7.05. The standard InChI is InChI=1S/C25H28Cl2N2O5/c1-2-11-28(21(15-25(32)33)18-4-6-19(26)7-5-18)16-17-3-8-22(20(27)14-17)34-13-12-29-23(30)9-10-24(29)31/h3-10,14,21,30-31H,2,11-13,15-16H2,1H3,(H,32,33). The lowest BCUT2D eigenvalue weighted by molar-refractivity contribution is -0.138. The summed E-state index contributed by atoms with van der Waals surface area (Å²) >= 11 is 12.5. The van der Waals surface area contributed by atoms with Crippen LogP contribution >= 0.6 is 23.2 Å². The molecule has 182 valence electrons. The van der Waals surface area contributed by atoms with Gasteiger partial charge in [0, 0.05) is 29.7 Å². The second kappa shape index (κ2) is 12.0. The van der Waals surface area contributed by atoms with Gasteiger partial charge in [-0.15, -0.1) is 0 Å². The summed E-state index contributed by atoms with van der Waals surface area (Å²) in [7, 11) is 0. The first-order chi connectivity index (χ1) is 16.3. The predicted molar refractivity (Wildman–Crippen MR) is 132 cm³/mol. The van der Waals surface area contributed by atoms with Crippen LogP contribution in [0.3, 0.4) is 0 Å². The van der Waals surface area contributed by atoms with Gasteiger partial charge in [0.05, 0.1) is 18.0 Å². The number of benzene rings is 2. The van der Waals surface area contributed by atoms with Crippen LogP contribution in [0.4, 0.5) is 0 Å². The quantitative estimate of drug-likeness (QED) is 0.291. The summed E-state index contributed by atoms with van der Waals surface area (Å²) in [6, 6.07) is 15.2. The number of aromatic hydroxyl groups is 2. The number of carboxylic acid groups (broad SMARTS) is 1. The van der Waals surface area contributed by atoms with E-state index in [4.69, 9.17) is 27.9 Å². The van der Waals surface area contributed by atoms with Gasteiger partial charge in [-0.25, -0.2) is 0 Å². The fourth-order valence-electron chi connectivity index (χ4n) is 3.86. The normalized spacial score (nSPS) is 12.1. The van der Waals surface area contributed by atoms with Gasteiger partial charge in [-0.05, 0) is 48.4 Å². The van der Waals surface area contributed by atoms with Crippen LogP contribution in [0.2, 0.25) is 10.0 Å². The number of hydrogen-bond donors (Lipinski definition) is 3. The summed E-state index contributed by atoms with van der Waals surface area (Å²) in [4.78, 5) is 13.7. The monoisotopic (exact) mass is 506 g/mol. The molecule has 2 aromatic carbocycles. The lowest BCUT2D eigenvalue weighted by Gasteiger charge is -2.31. The molecule has 7 nitrogen and oxygen atoms in total. The van der Waals surface area contributed by atoms with Crippen molar-refractivity contribution in [2.24, 2.45) is 0 Å². The van der Waals surface area contributed by atoms with E-state index >= 15 is 0 Å². The number of rotatable bonds is 12. The molecule has 0 amide bonds. The molecule has 3 rings (SSSR count). The Bertz CT molecular complexity index is 1080. The Hall–Kier alpha value is -2.87. The van der Waals surface area contributed by atoms with Gasteiger partial charge in [0.2, 0.25) is 0 Å². The maximum Gasteiger partial charge on any atom is 0.305 e. The predicted octanol–water partition coefficient (Wildman–Crippen LogP) is 5.71. The van der Waals surface area contributed by atoms with Crippen LogP contribution in [-0.2, 0) is 17.9 Å². The molecule has 0 fully saturated rings. The highest BCUT2D eigenvalue weighted by molar-refractivity contribution is 6.32. The van der Waals surface area contributed by atoms with Crippen molar-refractivity contribution >= 4 is 29.2 Å². The van der Waals surface area contributed by atoms with Crippen molar-refractivity contribution in [3.8, 4) is 17.5 Å². The maximum atomic E-state index is 11.6. The van der Waals surface area contributed by atoms with Crippen LogP contribution in [0.25, 0.3) is 0 Å². The van der Waals surface area contributed by atoms with Gasteiger partial charge >= 0.3 is 5.97 Å². The second-order valence-electron chi connectivity index (χ2n) is 7.95. The van der Waals surface area contributed by atoms with Crippen LogP contribution in [0, 0.1) is 0 Å². The first-order valence-corrected chi connectivity index (χ1v) is 11.7. The number of aromatic nitrogens is 1. The van der Waals surface area contributed by atoms with E-state index in [1.807, 2.05) is 24.3 Å². The van der Waals surface area contributed by atoms with Crippen molar-refractivity contribution in [1.82, 2.24) is 9.47 Å². The topological polar surface area (TPSA) is 95.2 Å². The van der Waals surface area contributed by atoms with Crippen molar-refractivity contribution in [3.05, 3.63) is 75.8 Å². The van der Waals surface area contributed by atoms with Crippen LogP contribution in [0.1, 0.15) is 36.9 Å². The third-order valence-corrected chi connectivity index (χ3v) is 6.01. The van der Waals surface area contributed by atoms with Gasteiger partial charge in [-0.2, -0.15) is 0 Å². The molecule has 1 aromatic heterocycles. The van der Waals surface area contributed by atoms with Gasteiger partial charge in [0.1, 0.15) is 12.4 Å². The third kappa shape index (κ3) is 6.82. The minimum atomic E-state index is -0.873. The van der Waals surface area contributed by atoms with Crippen LogP contribution in [-0.4, -0.2) is 43.9 Å². The van der Waals surface area contributed by atoms with Gasteiger partial charge in [0.15, 0.2) is 11.8 Å². The lowest BCUT2D eigenvalue weighted by atomic mass is 10.0. The van der Waals surface area contributed by atoms with Crippen molar-refractivity contribution in [2.45, 2.75) is 38.9 Å². The molecular formula is C25H28Cl2N2O5. The molecule has 3 N–H and O–H groups in total. The van der Waals surface area contributed by atoms with Crippen LogP contribution in [0.15, 0.2) is 54.6 Å². The molecule has 0 bridgehead atoms. The van der Waals surface area contributed by atoms with Crippen molar-refractivity contribution in [2.75, 3.05) is 13.2 Å². The fourth-order valence-corrected chi connectivity index (χ4v) is 4.24. The van der Waals surface area contributed by atoms with Crippen molar-refractivity contribution in [3.63, 3.8) is 0 Å². The van der Waals surface area contributed by atoms with Gasteiger partial charge in [-0.1, -0.05) is 48.3 Å². The highest BCUT2D eigenvalue weighted by atomic mass is 35.5. The van der Waals surface area contributed by atoms with E-state index in [0.29, 0.717) is 28.9 Å². The SMILES string of the molecule is CCCN(Cc1ccc(OCCn2c(O)ccc2O)c(Cl)c1)C(CC(=O)O)c1ccc(Cl)cc1. The zero-order valence-electron chi connectivity index (χ0n) is 18.8. The molecule has 34 heavy (non-hydrogen) atoms. The van der Waals surface area contributed by atoms with Gasteiger partial charge in [-0.3, -0.25) is 14.3 Å². The first kappa shape index (κ1) is 25.7. The summed E-state index contributed by atoms with van der Waals surface area (Å²) in [5.41, 5.74) is 1.82. The summed E-state index contributed by atoms with van der Waals surface area (Å²) in [5.74, 6) is -0.480. The Kier molecular flexibility index (Phi) is 9.10. The van der Waals surface area contributed by atoms with Crippen LogP contribution < -0.4 is 4.74 Å². The average Bonchev–Trinajstić information content (AvgIpc) is 3.11. The zero-order valence-corrected chi connectivity index (χ0v) is 20.3. The Morgan fingerprint density at radius 1 is 1.06 bits per heavy atom. The van der Waals surface area contributed by atoms with E-state index in [2.05, 4.69) is 11.8 Å². The molecule has 0 aliphatic heterocycles. The fraction of sp³-hybridized carbons (Fsp3) is 0.320. The number of aliphatic carboxylic acids is 1. The van der Waals surface area contributed by atoms with E-state index in [1.54, 1.807) is 18.2 Å². The molecule has 3 aromatic rings. The number of carboxylic acids is 1. The molecular weight excluding hydrogens is 479 g/mol. The summed E-state index contributed by atoms with van der Waals surface area (Å²) in [6.45, 7) is 3.73. The maximum absolute atomic E-state index is 11.6. The minimum absolute atomic E-state index is 0.0321. The van der Waals surface area contributed by atoms with Gasteiger partial charge < -0.3 is 20.1 Å². The Morgan fingerprint density at radius 2 is 1.74 bits per heavy atom. The highest BCUT2D eigenvalue weighted by Crippen LogP contribution is 2.31. The zero-order chi connectivity index (χ0) is 24.7. The number of nitrogens with zero attached hydrogens (tertiary/aromatic N) is 2. The molecule has 0 spiro atoms. The molecule has 0 saturated carbocycles. The number of ether oxygens (including phenoxy) is 1. The van der Waals surface area contributed by atoms with Crippen molar-refractivity contribution < 1.29 is 24.9 Å². The Labute approximate surface area is 208 Å². The van der Waals surface area contributed by atoms with Gasteiger partial charge in [0.25, 0.3) is 0 Å². The third-order valence-electron chi connectivity index (χ3n) is 5.46. The lowest BCUT2D eigenvalue weighted by Crippen LogP contribution is -2.31. The largest absolute Gasteiger partial charge is 0.494 e. The van der Waals surface area contributed by atoms with Crippen molar-refractivity contribution in [1.29, 1.82) is 0 Å². The molecule has 0 radical (unpaired) electrons. The number of halogens is 2. The summed E-state index contributed by atoms with van der Waals surface area (Å²) in [5, 5.41) is 30.0. The molecule has 0 saturated heterocycles. The smallest absolute Gasteiger partial charge is 0.305 e. The highest BCUT2D eigenvalue weighted by Gasteiger charge is 2.23. The first-order valence-electron chi connectivity index (χ1n) is 11.0. The second-order valence-corrected chi connectivity index (χ2v) is 8.79. The van der Waals surface area contributed by atoms with E-state index in [1.165, 1.54) is 16.7 Å². The van der Waals surface area contributed by atoms with E-state index in [-0.39, 0.29) is 37.4 Å². The molecule has 0 aliphatic rings. The van der Waals surface area contributed by atoms with E-state index < -0.39 is 5.97 Å². The Balaban J connectivity index is 1.72. The molecule has 9 heteroatoms. The molecule has 1 heterocycles. The minimum Gasteiger partial charge on any atom is -0.494 e.